The molecule has 4 atom stereocenters. The summed E-state index contributed by atoms with van der Waals surface area (Å²) in [6, 6.07) is 0. The van der Waals surface area contributed by atoms with Gasteiger partial charge in [-0.15, -0.1) is 0 Å². The number of carbonyl (C=O) groups is 2. The van der Waals surface area contributed by atoms with E-state index in [1.165, 1.54) is 20.0 Å². The van der Waals surface area contributed by atoms with Gasteiger partial charge >= 0.3 is 5.97 Å². The number of ether oxygens (including phenoxy) is 2. The first-order valence-corrected chi connectivity index (χ1v) is 16.6. The number of allylic oxidation sites excluding steroid dienone is 1. The standard InChI is InChI=1S/C28H52O5Si/c1-7-9-16-24(31-3)17-14-15-23-19-20-26(29)25(23)18-12-11-13-22-28(21-10-8-2,27(30)32-4)33-34(5)6/h14-15,23-25,34H,7-13,16-22H2,1-6H3/t23-,24?,25+,28?/m0/s1. The third kappa shape index (κ3) is 10.7. The maximum Gasteiger partial charge on any atom is 0.336 e. The number of esters is 1. The Morgan fingerprint density at radius 1 is 1.09 bits per heavy atom. The van der Waals surface area contributed by atoms with Crippen molar-refractivity contribution in [2.45, 2.75) is 129 Å². The van der Waals surface area contributed by atoms with E-state index < -0.39 is 14.6 Å². The van der Waals surface area contributed by atoms with Crippen molar-refractivity contribution >= 4 is 20.8 Å². The fourth-order valence-electron chi connectivity index (χ4n) is 5.25. The van der Waals surface area contributed by atoms with Crippen molar-refractivity contribution in [3.63, 3.8) is 0 Å². The molecular formula is C28H52O5Si. The monoisotopic (exact) mass is 496 g/mol. The lowest BCUT2D eigenvalue weighted by Gasteiger charge is -2.33. The lowest BCUT2D eigenvalue weighted by Crippen LogP contribution is -2.45. The van der Waals surface area contributed by atoms with E-state index in [0.29, 0.717) is 24.5 Å². The topological polar surface area (TPSA) is 61.8 Å². The summed E-state index contributed by atoms with van der Waals surface area (Å²) in [6.07, 6.45) is 18.2. The predicted octanol–water partition coefficient (Wildman–Crippen LogP) is 6.79. The van der Waals surface area contributed by atoms with Gasteiger partial charge in [0, 0.05) is 19.4 Å². The second-order valence-corrected chi connectivity index (χ2v) is 12.6. The number of ketones is 1. The lowest BCUT2D eigenvalue weighted by atomic mass is 9.87. The molecule has 0 aromatic carbocycles. The molecule has 1 aliphatic carbocycles. The van der Waals surface area contributed by atoms with Crippen molar-refractivity contribution in [2.75, 3.05) is 14.2 Å². The van der Waals surface area contributed by atoms with Gasteiger partial charge in [-0.25, -0.2) is 4.79 Å². The fraction of sp³-hybridized carbons (Fsp3) is 0.857. The van der Waals surface area contributed by atoms with Gasteiger partial charge in [-0.1, -0.05) is 70.9 Å². The van der Waals surface area contributed by atoms with Gasteiger partial charge < -0.3 is 13.9 Å². The van der Waals surface area contributed by atoms with E-state index in [-0.39, 0.29) is 18.0 Å². The zero-order valence-corrected chi connectivity index (χ0v) is 24.1. The highest BCUT2D eigenvalue weighted by Crippen LogP contribution is 2.35. The molecular weight excluding hydrogens is 444 g/mol. The third-order valence-electron chi connectivity index (χ3n) is 7.20. The molecule has 0 bridgehead atoms. The van der Waals surface area contributed by atoms with E-state index in [4.69, 9.17) is 13.9 Å². The van der Waals surface area contributed by atoms with Crippen LogP contribution in [-0.4, -0.2) is 46.7 Å². The molecule has 0 N–H and O–H groups in total. The lowest BCUT2D eigenvalue weighted by molar-refractivity contribution is -0.161. The normalized spacial score (nSPS) is 21.3. The van der Waals surface area contributed by atoms with Crippen molar-refractivity contribution in [2.24, 2.45) is 11.8 Å². The zero-order valence-electron chi connectivity index (χ0n) is 22.9. The molecule has 1 aliphatic rings. The summed E-state index contributed by atoms with van der Waals surface area (Å²) in [5.74, 6) is 0.722. The summed E-state index contributed by atoms with van der Waals surface area (Å²) in [6.45, 7) is 8.57. The van der Waals surface area contributed by atoms with Crippen LogP contribution in [-0.2, 0) is 23.5 Å². The average Bonchev–Trinajstić information content (AvgIpc) is 3.17. The molecule has 0 aliphatic heterocycles. The Balaban J connectivity index is 2.57. The van der Waals surface area contributed by atoms with Crippen LogP contribution in [0.4, 0.5) is 0 Å². The van der Waals surface area contributed by atoms with Gasteiger partial charge in [0.25, 0.3) is 0 Å². The van der Waals surface area contributed by atoms with Gasteiger partial charge in [0.15, 0.2) is 14.6 Å². The molecule has 198 valence electrons. The molecule has 1 fully saturated rings. The predicted molar refractivity (Wildman–Crippen MR) is 143 cm³/mol. The van der Waals surface area contributed by atoms with Crippen LogP contribution in [0.15, 0.2) is 12.2 Å². The number of hydrogen-bond acceptors (Lipinski definition) is 5. The molecule has 5 nitrogen and oxygen atoms in total. The van der Waals surface area contributed by atoms with Crippen LogP contribution in [0.1, 0.15) is 104 Å². The summed E-state index contributed by atoms with van der Waals surface area (Å²) in [5.41, 5.74) is -0.782. The number of rotatable bonds is 19. The minimum absolute atomic E-state index is 0.151. The van der Waals surface area contributed by atoms with E-state index in [0.717, 1.165) is 64.2 Å². The number of Topliss-reactive ketones (excluding diaryl/α,β-unsaturated/α-hetero) is 1. The largest absolute Gasteiger partial charge is 0.467 e. The fourth-order valence-corrected chi connectivity index (χ4v) is 6.49. The van der Waals surface area contributed by atoms with E-state index in [1.54, 1.807) is 7.11 Å². The molecule has 0 spiro atoms. The van der Waals surface area contributed by atoms with Crippen LogP contribution in [0.25, 0.3) is 0 Å². The molecule has 0 saturated heterocycles. The summed E-state index contributed by atoms with van der Waals surface area (Å²) >= 11 is 0. The molecule has 0 amide bonds. The molecule has 2 unspecified atom stereocenters. The molecule has 0 heterocycles. The van der Waals surface area contributed by atoms with Gasteiger partial charge in [-0.3, -0.25) is 4.79 Å². The van der Waals surface area contributed by atoms with E-state index in [9.17, 15) is 9.59 Å². The van der Waals surface area contributed by atoms with Crippen LogP contribution < -0.4 is 0 Å². The first kappa shape index (κ1) is 31.0. The van der Waals surface area contributed by atoms with Crippen molar-refractivity contribution in [1.29, 1.82) is 0 Å². The van der Waals surface area contributed by atoms with Gasteiger partial charge in [-0.2, -0.15) is 0 Å². The molecule has 1 saturated carbocycles. The summed E-state index contributed by atoms with van der Waals surface area (Å²) in [4.78, 5) is 25.2. The highest BCUT2D eigenvalue weighted by Gasteiger charge is 2.40. The van der Waals surface area contributed by atoms with Crippen molar-refractivity contribution in [3.05, 3.63) is 12.2 Å². The van der Waals surface area contributed by atoms with Gasteiger partial charge in [0.05, 0.1) is 13.2 Å². The Hall–Kier alpha value is -0.983. The van der Waals surface area contributed by atoms with Crippen LogP contribution in [0.5, 0.6) is 0 Å². The van der Waals surface area contributed by atoms with Crippen molar-refractivity contribution in [3.8, 4) is 0 Å². The second-order valence-electron chi connectivity index (χ2n) is 10.3. The first-order chi connectivity index (χ1) is 16.3. The summed E-state index contributed by atoms with van der Waals surface area (Å²) < 4.78 is 17.1. The molecule has 6 heteroatoms. The van der Waals surface area contributed by atoms with Crippen molar-refractivity contribution < 1.29 is 23.5 Å². The molecule has 34 heavy (non-hydrogen) atoms. The minimum atomic E-state index is -1.39. The highest BCUT2D eigenvalue weighted by atomic mass is 28.3. The first-order valence-electron chi connectivity index (χ1n) is 13.8. The van der Waals surface area contributed by atoms with E-state index in [1.807, 2.05) is 0 Å². The van der Waals surface area contributed by atoms with Crippen molar-refractivity contribution in [1.82, 2.24) is 0 Å². The molecule has 0 aromatic rings. The summed E-state index contributed by atoms with van der Waals surface area (Å²) in [7, 11) is 1.87. The quantitative estimate of drug-likeness (QED) is 0.0853. The third-order valence-corrected chi connectivity index (χ3v) is 8.12. The Kier molecular flexibility index (Phi) is 15.9. The van der Waals surface area contributed by atoms with Gasteiger partial charge in [0.2, 0.25) is 0 Å². The highest BCUT2D eigenvalue weighted by molar-refractivity contribution is 6.48. The number of unbranched alkanes of at least 4 members (excludes halogenated alkanes) is 4. The molecule has 1 rings (SSSR count). The van der Waals surface area contributed by atoms with Gasteiger partial charge in [0.1, 0.15) is 5.78 Å². The van der Waals surface area contributed by atoms with Crippen LogP contribution in [0, 0.1) is 11.8 Å². The van der Waals surface area contributed by atoms with Crippen LogP contribution >= 0.6 is 0 Å². The SMILES string of the molecule is CCCCC(CC=C[C@H]1CCC(=O)[C@@H]1CCCCCC(CCCC)(O[SiH](C)C)C(=O)OC)OC. The summed E-state index contributed by atoms with van der Waals surface area (Å²) in [5, 5.41) is 0. The Bertz CT molecular complexity index is 606. The average molecular weight is 497 g/mol. The minimum Gasteiger partial charge on any atom is -0.467 e. The smallest absolute Gasteiger partial charge is 0.336 e. The second kappa shape index (κ2) is 17.4. The number of hydrogen-bond donors (Lipinski definition) is 0. The van der Waals surface area contributed by atoms with Gasteiger partial charge in [-0.05, 0) is 57.5 Å². The van der Waals surface area contributed by atoms with E-state index in [2.05, 4.69) is 39.1 Å². The Labute approximate surface area is 211 Å². The maximum absolute atomic E-state index is 12.7. The number of methoxy groups -OCH3 is 2. The molecule has 0 radical (unpaired) electrons. The Morgan fingerprint density at radius 2 is 1.79 bits per heavy atom. The maximum atomic E-state index is 12.7. The van der Waals surface area contributed by atoms with Crippen LogP contribution in [0.2, 0.25) is 13.1 Å². The van der Waals surface area contributed by atoms with E-state index >= 15 is 0 Å². The Morgan fingerprint density at radius 3 is 2.41 bits per heavy atom. The van der Waals surface area contributed by atoms with Crippen LogP contribution in [0.3, 0.4) is 0 Å². The zero-order chi connectivity index (χ0) is 25.4. The molecule has 0 aromatic heterocycles. The number of carbonyl (C=O) groups excluding carboxylic acids is 2.